The van der Waals surface area contributed by atoms with Gasteiger partial charge in [0.1, 0.15) is 18.6 Å². The van der Waals surface area contributed by atoms with E-state index in [0.29, 0.717) is 30.0 Å². The number of hydrogen-bond acceptors (Lipinski definition) is 6. The van der Waals surface area contributed by atoms with E-state index in [2.05, 4.69) is 9.97 Å². The number of nitrogens with zero attached hydrogens (tertiary/aromatic N) is 2. The molecular formula is C22H22F2N2O4. The first-order valence-corrected chi connectivity index (χ1v) is 9.56. The molecule has 0 unspecified atom stereocenters. The van der Waals surface area contributed by atoms with Crippen molar-refractivity contribution in [1.29, 1.82) is 0 Å². The van der Waals surface area contributed by atoms with Crippen LogP contribution < -0.4 is 9.47 Å². The SMILES string of the molecule is CCOc1c(OCC(F)F)cccc1-c1nc(CCC(=O)c2ncccc2C)co1. The van der Waals surface area contributed by atoms with Gasteiger partial charge in [0.2, 0.25) is 5.89 Å². The zero-order chi connectivity index (χ0) is 21.5. The van der Waals surface area contributed by atoms with Gasteiger partial charge in [-0.1, -0.05) is 12.1 Å². The second-order valence-corrected chi connectivity index (χ2v) is 6.50. The normalized spacial score (nSPS) is 11.0. The molecule has 0 saturated heterocycles. The molecule has 0 aliphatic rings. The molecule has 0 bridgehead atoms. The molecule has 0 aliphatic carbocycles. The highest BCUT2D eigenvalue weighted by atomic mass is 19.3. The number of aromatic nitrogens is 2. The van der Waals surface area contributed by atoms with Crippen LogP contribution in [0, 0.1) is 6.92 Å². The zero-order valence-electron chi connectivity index (χ0n) is 16.7. The maximum absolute atomic E-state index is 12.5. The van der Waals surface area contributed by atoms with E-state index < -0.39 is 13.0 Å². The van der Waals surface area contributed by atoms with Crippen molar-refractivity contribution in [2.24, 2.45) is 0 Å². The van der Waals surface area contributed by atoms with Gasteiger partial charge in [-0.05, 0) is 37.6 Å². The van der Waals surface area contributed by atoms with Gasteiger partial charge >= 0.3 is 0 Å². The number of alkyl halides is 2. The molecule has 30 heavy (non-hydrogen) atoms. The zero-order valence-corrected chi connectivity index (χ0v) is 16.7. The Kier molecular flexibility index (Phi) is 7.11. The number of carbonyl (C=O) groups is 1. The van der Waals surface area contributed by atoms with E-state index in [9.17, 15) is 13.6 Å². The first-order valence-electron chi connectivity index (χ1n) is 9.56. The van der Waals surface area contributed by atoms with Gasteiger partial charge in [0.05, 0.1) is 17.9 Å². The number of ketones is 1. The summed E-state index contributed by atoms with van der Waals surface area (Å²) in [6.45, 7) is 3.19. The van der Waals surface area contributed by atoms with Crippen molar-refractivity contribution >= 4 is 5.78 Å². The molecule has 0 fully saturated rings. The molecule has 0 spiro atoms. The Bertz CT molecular complexity index is 1000. The highest BCUT2D eigenvalue weighted by molar-refractivity contribution is 5.95. The molecular weight excluding hydrogens is 394 g/mol. The molecule has 2 heterocycles. The average Bonchev–Trinajstić information content (AvgIpc) is 3.20. The van der Waals surface area contributed by atoms with Crippen LogP contribution >= 0.6 is 0 Å². The number of benzene rings is 1. The molecule has 8 heteroatoms. The fourth-order valence-electron chi connectivity index (χ4n) is 2.93. The maximum Gasteiger partial charge on any atom is 0.272 e. The van der Waals surface area contributed by atoms with Crippen molar-refractivity contribution < 1.29 is 27.5 Å². The molecule has 0 atom stereocenters. The molecule has 0 amide bonds. The third kappa shape index (κ3) is 5.20. The largest absolute Gasteiger partial charge is 0.489 e. The lowest BCUT2D eigenvalue weighted by Gasteiger charge is -2.14. The van der Waals surface area contributed by atoms with Crippen molar-refractivity contribution in [2.75, 3.05) is 13.2 Å². The monoisotopic (exact) mass is 416 g/mol. The molecule has 0 saturated carbocycles. The van der Waals surface area contributed by atoms with Crippen LogP contribution in [0.15, 0.2) is 47.2 Å². The summed E-state index contributed by atoms with van der Waals surface area (Å²) in [5.41, 5.74) is 2.35. The Hall–Kier alpha value is -3.29. The van der Waals surface area contributed by atoms with Crippen LogP contribution in [0.1, 0.15) is 35.1 Å². The smallest absolute Gasteiger partial charge is 0.272 e. The number of Topliss-reactive ketones (excluding diaryl/α,β-unsaturated/α-hetero) is 1. The number of ether oxygens (including phenoxy) is 2. The quantitative estimate of drug-likeness (QED) is 0.438. The van der Waals surface area contributed by atoms with E-state index in [1.165, 1.54) is 6.26 Å². The molecule has 0 radical (unpaired) electrons. The minimum absolute atomic E-state index is 0.0740. The summed E-state index contributed by atoms with van der Waals surface area (Å²) in [5, 5.41) is 0. The number of aryl methyl sites for hydroxylation is 2. The summed E-state index contributed by atoms with van der Waals surface area (Å²) < 4.78 is 41.4. The molecule has 1 aromatic carbocycles. The molecule has 2 aromatic heterocycles. The standard InChI is InChI=1S/C22H22F2N2O4/c1-3-28-21-16(7-4-8-18(21)29-13-19(23)24)22-26-15(12-30-22)9-10-17(27)20-14(2)6-5-11-25-20/h4-8,11-12,19H,3,9-10,13H2,1-2H3. The third-order valence-electron chi connectivity index (χ3n) is 4.30. The summed E-state index contributed by atoms with van der Waals surface area (Å²) >= 11 is 0. The first kappa shape index (κ1) is 21.4. The van der Waals surface area contributed by atoms with Crippen molar-refractivity contribution in [3.05, 3.63) is 59.7 Å². The summed E-state index contributed by atoms with van der Waals surface area (Å²) in [7, 11) is 0. The lowest BCUT2D eigenvalue weighted by atomic mass is 10.1. The van der Waals surface area contributed by atoms with E-state index in [1.54, 1.807) is 37.4 Å². The van der Waals surface area contributed by atoms with E-state index >= 15 is 0 Å². The van der Waals surface area contributed by atoms with Crippen LogP contribution in [0.3, 0.4) is 0 Å². The fraction of sp³-hybridized carbons (Fsp3) is 0.318. The first-order chi connectivity index (χ1) is 14.5. The fourth-order valence-corrected chi connectivity index (χ4v) is 2.93. The van der Waals surface area contributed by atoms with Gasteiger partial charge in [-0.15, -0.1) is 0 Å². The van der Waals surface area contributed by atoms with Crippen molar-refractivity contribution in [2.45, 2.75) is 33.1 Å². The van der Waals surface area contributed by atoms with Gasteiger partial charge < -0.3 is 13.9 Å². The van der Waals surface area contributed by atoms with E-state index in [1.807, 2.05) is 13.0 Å². The number of oxazole rings is 1. The van der Waals surface area contributed by atoms with Gasteiger partial charge in [0.25, 0.3) is 6.43 Å². The van der Waals surface area contributed by atoms with E-state index in [-0.39, 0.29) is 29.6 Å². The number of halogens is 2. The third-order valence-corrected chi connectivity index (χ3v) is 4.30. The summed E-state index contributed by atoms with van der Waals surface area (Å²) in [6, 6.07) is 8.53. The van der Waals surface area contributed by atoms with E-state index in [0.717, 1.165) is 5.56 Å². The second-order valence-electron chi connectivity index (χ2n) is 6.50. The topological polar surface area (TPSA) is 74.5 Å². The lowest BCUT2D eigenvalue weighted by molar-refractivity contribution is 0.0801. The van der Waals surface area contributed by atoms with Crippen LogP contribution in [0.2, 0.25) is 0 Å². The molecule has 6 nitrogen and oxygen atoms in total. The highest BCUT2D eigenvalue weighted by Gasteiger charge is 2.19. The Balaban J connectivity index is 1.76. The van der Waals surface area contributed by atoms with Crippen molar-refractivity contribution in [1.82, 2.24) is 9.97 Å². The van der Waals surface area contributed by atoms with Crippen LogP contribution in [0.4, 0.5) is 8.78 Å². The Morgan fingerprint density at radius 2 is 2.03 bits per heavy atom. The number of hydrogen-bond donors (Lipinski definition) is 0. The maximum atomic E-state index is 12.5. The molecule has 158 valence electrons. The van der Waals surface area contributed by atoms with Gasteiger partial charge in [-0.2, -0.15) is 0 Å². The lowest BCUT2D eigenvalue weighted by Crippen LogP contribution is -2.08. The van der Waals surface area contributed by atoms with Gasteiger partial charge in [-0.3, -0.25) is 9.78 Å². The van der Waals surface area contributed by atoms with Gasteiger partial charge in [0.15, 0.2) is 17.3 Å². The Morgan fingerprint density at radius 1 is 1.20 bits per heavy atom. The number of rotatable bonds is 10. The van der Waals surface area contributed by atoms with Crippen LogP contribution in [0.25, 0.3) is 11.5 Å². The second kappa shape index (κ2) is 9.96. The van der Waals surface area contributed by atoms with E-state index in [4.69, 9.17) is 13.9 Å². The Labute approximate surface area is 172 Å². The number of pyridine rings is 1. The van der Waals surface area contributed by atoms with Crippen molar-refractivity contribution in [3.63, 3.8) is 0 Å². The summed E-state index contributed by atoms with van der Waals surface area (Å²) in [5.74, 6) is 0.664. The van der Waals surface area contributed by atoms with Crippen LogP contribution in [-0.4, -0.2) is 35.4 Å². The predicted molar refractivity (Wildman–Crippen MR) is 106 cm³/mol. The highest BCUT2D eigenvalue weighted by Crippen LogP contribution is 2.38. The Morgan fingerprint density at radius 3 is 2.77 bits per heavy atom. The average molecular weight is 416 g/mol. The molecule has 0 aliphatic heterocycles. The number of para-hydroxylation sites is 1. The predicted octanol–water partition coefficient (Wildman–Crippen LogP) is 4.90. The summed E-state index contributed by atoms with van der Waals surface area (Å²) in [6.07, 6.45) is 1.07. The van der Waals surface area contributed by atoms with Crippen LogP contribution in [-0.2, 0) is 6.42 Å². The van der Waals surface area contributed by atoms with Crippen LogP contribution in [0.5, 0.6) is 11.5 Å². The minimum atomic E-state index is -2.60. The number of carbonyl (C=O) groups excluding carboxylic acids is 1. The summed E-state index contributed by atoms with van der Waals surface area (Å²) in [4.78, 5) is 21.0. The molecule has 3 rings (SSSR count). The van der Waals surface area contributed by atoms with Crippen molar-refractivity contribution in [3.8, 4) is 23.0 Å². The molecule has 0 N–H and O–H groups in total. The van der Waals surface area contributed by atoms with Gasteiger partial charge in [0, 0.05) is 19.0 Å². The minimum Gasteiger partial charge on any atom is -0.489 e. The van der Waals surface area contributed by atoms with Gasteiger partial charge in [-0.25, -0.2) is 13.8 Å². The molecule has 3 aromatic rings.